The number of aryl methyl sites for hydroxylation is 1. The molecule has 0 aliphatic carbocycles. The van der Waals surface area contributed by atoms with E-state index < -0.39 is 24.5 Å². The Morgan fingerprint density at radius 1 is 1.29 bits per heavy atom. The first-order chi connectivity index (χ1) is 16.7. The lowest BCUT2D eigenvalue weighted by molar-refractivity contribution is -0.0421. The van der Waals surface area contributed by atoms with E-state index in [1.54, 1.807) is 16.7 Å². The van der Waals surface area contributed by atoms with Gasteiger partial charge in [0.25, 0.3) is 0 Å². The number of benzene rings is 1. The van der Waals surface area contributed by atoms with Crippen molar-refractivity contribution in [2.75, 3.05) is 37.7 Å². The van der Waals surface area contributed by atoms with E-state index in [4.69, 9.17) is 22.1 Å². The highest BCUT2D eigenvalue weighted by Gasteiger charge is 2.44. The largest absolute Gasteiger partial charge is 0.387 e. The number of likely N-dealkylation sites (N-methyl/N-ethyl adjacent to an activating group) is 1. The van der Waals surface area contributed by atoms with E-state index in [9.17, 15) is 15.0 Å². The summed E-state index contributed by atoms with van der Waals surface area (Å²) < 4.78 is 7.51. The first-order valence-corrected chi connectivity index (χ1v) is 11.6. The number of hydrogen-bond acceptors (Lipinski definition) is 9. The zero-order valence-corrected chi connectivity index (χ0v) is 20.2. The molecule has 3 heterocycles. The molecule has 2 amide bonds. The molecule has 12 nitrogen and oxygen atoms in total. The van der Waals surface area contributed by atoms with Crippen molar-refractivity contribution in [1.82, 2.24) is 29.7 Å². The molecule has 1 fully saturated rings. The molecule has 1 aromatic carbocycles. The standard InChI is InChI=1S/C22H29ClN8O4/c1-12-4-5-13(8-14(12)23)29-22(34)25-6-3-7-30(2)9-15-17(32)18(33)21(35-15)31-11-28-16-19(24)26-10-27-20(16)31/h4-5,8,10-11,15,17-18,21,32-33H,3,6-7,9H2,1-2H3,(H2,24,26,27)(H2,25,29,34)/t15-,17-,18-,21?/m1/s1. The van der Waals surface area contributed by atoms with Crippen LogP contribution in [0.3, 0.4) is 0 Å². The average Bonchev–Trinajstić information content (AvgIpc) is 3.37. The minimum atomic E-state index is -1.16. The molecule has 1 saturated heterocycles. The van der Waals surface area contributed by atoms with Crippen LogP contribution >= 0.6 is 11.6 Å². The van der Waals surface area contributed by atoms with E-state index in [1.807, 2.05) is 24.9 Å². The highest BCUT2D eigenvalue weighted by molar-refractivity contribution is 6.31. The minimum Gasteiger partial charge on any atom is -0.387 e. The highest BCUT2D eigenvalue weighted by Crippen LogP contribution is 2.32. The first-order valence-electron chi connectivity index (χ1n) is 11.2. The molecule has 35 heavy (non-hydrogen) atoms. The normalized spacial score (nSPS) is 22.1. The summed E-state index contributed by atoms with van der Waals surface area (Å²) in [5, 5.41) is 27.3. The lowest BCUT2D eigenvalue weighted by atomic mass is 10.1. The number of carbonyl (C=O) groups excluding carboxylic acids is 1. The van der Waals surface area contributed by atoms with Gasteiger partial charge in [-0.2, -0.15) is 0 Å². The number of aliphatic hydroxyl groups is 2. The third kappa shape index (κ3) is 5.63. The smallest absolute Gasteiger partial charge is 0.319 e. The van der Waals surface area contributed by atoms with Crippen LogP contribution in [0.1, 0.15) is 18.2 Å². The second kappa shape index (κ2) is 10.7. The zero-order chi connectivity index (χ0) is 25.1. The summed E-state index contributed by atoms with van der Waals surface area (Å²) in [6, 6.07) is 5.02. The fourth-order valence-corrected chi connectivity index (χ4v) is 4.14. The number of nitrogens with one attached hydrogen (secondary N) is 2. The summed E-state index contributed by atoms with van der Waals surface area (Å²) in [6.45, 7) is 3.37. The minimum absolute atomic E-state index is 0.225. The molecule has 1 aliphatic rings. The van der Waals surface area contributed by atoms with E-state index in [0.717, 1.165) is 5.56 Å². The highest BCUT2D eigenvalue weighted by atomic mass is 35.5. The van der Waals surface area contributed by atoms with Crippen molar-refractivity contribution in [3.05, 3.63) is 41.4 Å². The van der Waals surface area contributed by atoms with Crippen molar-refractivity contribution in [3.63, 3.8) is 0 Å². The van der Waals surface area contributed by atoms with Gasteiger partial charge in [-0.25, -0.2) is 19.7 Å². The van der Waals surface area contributed by atoms with E-state index in [1.165, 1.54) is 12.7 Å². The number of amides is 2. The molecule has 0 saturated carbocycles. The maximum Gasteiger partial charge on any atom is 0.319 e. The third-order valence-electron chi connectivity index (χ3n) is 5.92. The lowest BCUT2D eigenvalue weighted by Crippen LogP contribution is -2.39. The number of halogens is 1. The Morgan fingerprint density at radius 2 is 2.09 bits per heavy atom. The van der Waals surface area contributed by atoms with Gasteiger partial charge < -0.3 is 36.2 Å². The number of nitrogen functional groups attached to an aromatic ring is 1. The molecule has 0 spiro atoms. The van der Waals surface area contributed by atoms with Gasteiger partial charge in [0.15, 0.2) is 17.7 Å². The SMILES string of the molecule is Cc1ccc(NC(=O)NCCCN(C)C[C@H]2OC(n3cnc4c(N)ncnc43)[C@H](O)[C@@H]2O)cc1Cl. The summed E-state index contributed by atoms with van der Waals surface area (Å²) in [5.74, 6) is 0.225. The van der Waals surface area contributed by atoms with Gasteiger partial charge in [0.2, 0.25) is 0 Å². The maximum absolute atomic E-state index is 12.1. The van der Waals surface area contributed by atoms with Gasteiger partial charge in [-0.1, -0.05) is 17.7 Å². The molecule has 13 heteroatoms. The summed E-state index contributed by atoms with van der Waals surface area (Å²) in [6.07, 6.45) is -0.294. The number of aliphatic hydroxyl groups excluding tert-OH is 2. The summed E-state index contributed by atoms with van der Waals surface area (Å²) in [5.41, 5.74) is 8.21. The molecule has 0 radical (unpaired) electrons. The maximum atomic E-state index is 12.1. The Bertz CT molecular complexity index is 1190. The van der Waals surface area contributed by atoms with Crippen LogP contribution in [-0.2, 0) is 4.74 Å². The van der Waals surface area contributed by atoms with Crippen LogP contribution in [0.4, 0.5) is 16.3 Å². The van der Waals surface area contributed by atoms with E-state index in [0.29, 0.717) is 47.9 Å². The van der Waals surface area contributed by atoms with Crippen molar-refractivity contribution in [3.8, 4) is 0 Å². The Hall–Kier alpha value is -3.03. The van der Waals surface area contributed by atoms with Gasteiger partial charge in [0.1, 0.15) is 30.2 Å². The zero-order valence-electron chi connectivity index (χ0n) is 19.4. The second-order valence-electron chi connectivity index (χ2n) is 8.59. The quantitative estimate of drug-likeness (QED) is 0.283. The van der Waals surface area contributed by atoms with Gasteiger partial charge in [0, 0.05) is 23.8 Å². The van der Waals surface area contributed by atoms with Crippen LogP contribution in [0.25, 0.3) is 11.2 Å². The molecule has 0 bridgehead atoms. The van der Waals surface area contributed by atoms with Gasteiger partial charge in [-0.05, 0) is 44.6 Å². The molecule has 3 aromatic rings. The Morgan fingerprint density at radius 3 is 2.86 bits per heavy atom. The lowest BCUT2D eigenvalue weighted by Gasteiger charge is -2.22. The van der Waals surface area contributed by atoms with Crippen molar-refractivity contribution in [2.24, 2.45) is 0 Å². The van der Waals surface area contributed by atoms with E-state index in [2.05, 4.69) is 25.6 Å². The Kier molecular flexibility index (Phi) is 7.67. The van der Waals surface area contributed by atoms with Crippen LogP contribution in [0, 0.1) is 6.92 Å². The van der Waals surface area contributed by atoms with E-state index in [-0.39, 0.29) is 11.8 Å². The first kappa shape index (κ1) is 25.1. The number of carbonyl (C=O) groups is 1. The van der Waals surface area contributed by atoms with Crippen LogP contribution in [0.5, 0.6) is 0 Å². The van der Waals surface area contributed by atoms with Gasteiger partial charge in [0.05, 0.1) is 6.33 Å². The van der Waals surface area contributed by atoms with E-state index >= 15 is 0 Å². The van der Waals surface area contributed by atoms with Gasteiger partial charge in [-0.3, -0.25) is 4.57 Å². The molecule has 4 rings (SSSR count). The van der Waals surface area contributed by atoms with Crippen molar-refractivity contribution in [2.45, 2.75) is 37.9 Å². The van der Waals surface area contributed by atoms with Gasteiger partial charge >= 0.3 is 6.03 Å². The predicted molar refractivity (Wildman–Crippen MR) is 131 cm³/mol. The summed E-state index contributed by atoms with van der Waals surface area (Å²) in [7, 11) is 1.88. The number of anilines is 2. The fraction of sp³-hybridized carbons (Fsp3) is 0.455. The van der Waals surface area contributed by atoms with Crippen LogP contribution in [-0.4, -0.2) is 85.7 Å². The molecule has 6 N–H and O–H groups in total. The number of hydrogen-bond donors (Lipinski definition) is 5. The second-order valence-corrected chi connectivity index (χ2v) is 9.00. The molecular formula is C22H29ClN8O4. The van der Waals surface area contributed by atoms with Crippen LogP contribution < -0.4 is 16.4 Å². The number of urea groups is 1. The predicted octanol–water partition coefficient (Wildman–Crippen LogP) is 1.13. The summed E-state index contributed by atoms with van der Waals surface area (Å²) >= 11 is 6.08. The molecule has 2 aromatic heterocycles. The molecule has 1 aliphatic heterocycles. The van der Waals surface area contributed by atoms with Crippen molar-refractivity contribution < 1.29 is 19.7 Å². The number of imidazole rings is 1. The number of nitrogens with zero attached hydrogens (tertiary/aromatic N) is 5. The number of aromatic nitrogens is 4. The number of fused-ring (bicyclic) bond motifs is 1. The van der Waals surface area contributed by atoms with Crippen molar-refractivity contribution in [1.29, 1.82) is 0 Å². The average molecular weight is 505 g/mol. The monoisotopic (exact) mass is 504 g/mol. The molecular weight excluding hydrogens is 476 g/mol. The number of nitrogens with two attached hydrogens (primary N) is 1. The number of rotatable bonds is 8. The van der Waals surface area contributed by atoms with Crippen LogP contribution in [0.2, 0.25) is 5.02 Å². The van der Waals surface area contributed by atoms with Crippen LogP contribution in [0.15, 0.2) is 30.9 Å². The molecule has 1 unspecified atom stereocenters. The van der Waals surface area contributed by atoms with Crippen molar-refractivity contribution >= 4 is 40.3 Å². The number of ether oxygens (including phenoxy) is 1. The third-order valence-corrected chi connectivity index (χ3v) is 6.33. The Labute approximate surface area is 207 Å². The molecule has 4 atom stereocenters. The summed E-state index contributed by atoms with van der Waals surface area (Å²) in [4.78, 5) is 26.3. The molecule has 188 valence electrons. The van der Waals surface area contributed by atoms with Gasteiger partial charge in [-0.15, -0.1) is 0 Å². The Balaban J connectivity index is 1.23. The fourth-order valence-electron chi connectivity index (χ4n) is 3.96. The topological polar surface area (TPSA) is 164 Å².